The smallest absolute Gasteiger partial charge is 0.263 e. The maximum absolute atomic E-state index is 11.8. The first-order chi connectivity index (χ1) is 14.9. The van der Waals surface area contributed by atoms with Crippen molar-refractivity contribution in [3.63, 3.8) is 0 Å². The minimum absolute atomic E-state index is 0.0454. The third-order valence-electron chi connectivity index (χ3n) is 4.32. The lowest BCUT2D eigenvalue weighted by Gasteiger charge is -2.17. The lowest BCUT2D eigenvalue weighted by molar-refractivity contribution is -0.115. The van der Waals surface area contributed by atoms with E-state index in [0.717, 1.165) is 24.0 Å². The average molecular weight is 498 g/mol. The first kappa shape index (κ1) is 23.9. The zero-order valence-electron chi connectivity index (χ0n) is 16.7. The van der Waals surface area contributed by atoms with Crippen molar-refractivity contribution >= 4 is 63.5 Å². The largest absolute Gasteiger partial charge is 0.491 e. The summed E-state index contributed by atoms with van der Waals surface area (Å²) in [6.07, 6.45) is 2.51. The molecule has 1 unspecified atom stereocenters. The van der Waals surface area contributed by atoms with Crippen molar-refractivity contribution in [2.24, 2.45) is 0 Å². The van der Waals surface area contributed by atoms with Crippen molar-refractivity contribution < 1.29 is 19.4 Å². The first-order valence-corrected chi connectivity index (χ1v) is 11.6. The molecule has 3 rings (SSSR count). The minimum Gasteiger partial charge on any atom is -0.491 e. The molecule has 164 valence electrons. The van der Waals surface area contributed by atoms with Crippen LogP contribution < -0.4 is 14.8 Å². The Balaban J connectivity index is 1.57. The zero-order valence-corrected chi connectivity index (χ0v) is 19.8. The molecule has 1 aliphatic rings. The van der Waals surface area contributed by atoms with Crippen LogP contribution in [-0.2, 0) is 11.2 Å². The molecule has 0 radical (unpaired) electrons. The molecule has 0 spiro atoms. The molecule has 1 fully saturated rings. The molecule has 0 aromatic heterocycles. The fraction of sp³-hybridized carbons (Fsp3) is 0.273. The molecular weight excluding hydrogens is 477 g/mol. The number of aliphatic hydroxyl groups is 1. The van der Waals surface area contributed by atoms with Crippen LogP contribution in [0, 0.1) is 0 Å². The number of hydrogen-bond acceptors (Lipinski definition) is 6. The summed E-state index contributed by atoms with van der Waals surface area (Å²) in [6.45, 7) is 2.14. The zero-order chi connectivity index (χ0) is 22.4. The number of amides is 1. The van der Waals surface area contributed by atoms with Crippen LogP contribution in [0.5, 0.6) is 11.5 Å². The van der Waals surface area contributed by atoms with Gasteiger partial charge in [-0.1, -0.05) is 72.7 Å². The predicted octanol–water partition coefficient (Wildman–Crippen LogP) is 5.25. The molecule has 0 saturated carbocycles. The van der Waals surface area contributed by atoms with Gasteiger partial charge in [-0.15, -0.1) is 0 Å². The van der Waals surface area contributed by atoms with E-state index in [9.17, 15) is 9.90 Å². The van der Waals surface area contributed by atoms with Crippen molar-refractivity contribution in [2.75, 3.05) is 13.2 Å². The van der Waals surface area contributed by atoms with Crippen molar-refractivity contribution in [3.05, 3.63) is 62.5 Å². The summed E-state index contributed by atoms with van der Waals surface area (Å²) in [4.78, 5) is 12.3. The quantitative estimate of drug-likeness (QED) is 0.364. The minimum atomic E-state index is -0.848. The van der Waals surface area contributed by atoms with Gasteiger partial charge in [0.2, 0.25) is 0 Å². The van der Waals surface area contributed by atoms with Crippen molar-refractivity contribution in [2.45, 2.75) is 25.9 Å². The number of ether oxygens (including phenoxy) is 2. The van der Waals surface area contributed by atoms with Gasteiger partial charge in [-0.3, -0.25) is 4.79 Å². The molecule has 5 nitrogen and oxygen atoms in total. The molecular formula is C22H21Cl2NO4S2. The van der Waals surface area contributed by atoms with E-state index in [2.05, 4.69) is 5.32 Å². The summed E-state index contributed by atoms with van der Waals surface area (Å²) in [5, 5.41) is 13.8. The van der Waals surface area contributed by atoms with E-state index in [1.165, 1.54) is 11.8 Å². The highest BCUT2D eigenvalue weighted by Crippen LogP contribution is 2.34. The van der Waals surface area contributed by atoms with E-state index >= 15 is 0 Å². The lowest BCUT2D eigenvalue weighted by Crippen LogP contribution is -2.25. The average Bonchev–Trinajstić information content (AvgIpc) is 3.06. The van der Waals surface area contributed by atoms with Gasteiger partial charge in [0.1, 0.15) is 35.1 Å². The van der Waals surface area contributed by atoms with Gasteiger partial charge in [0.15, 0.2) is 0 Å². The van der Waals surface area contributed by atoms with Crippen LogP contribution in [0.4, 0.5) is 0 Å². The number of thioether (sulfide) groups is 1. The van der Waals surface area contributed by atoms with Crippen molar-refractivity contribution in [1.82, 2.24) is 5.32 Å². The van der Waals surface area contributed by atoms with Crippen LogP contribution in [0.15, 0.2) is 41.3 Å². The second kappa shape index (κ2) is 11.2. The van der Waals surface area contributed by atoms with Gasteiger partial charge >= 0.3 is 0 Å². The van der Waals surface area contributed by atoms with Gasteiger partial charge in [-0.05, 0) is 42.3 Å². The Hall–Kier alpha value is -1.77. The Kier molecular flexibility index (Phi) is 8.63. The number of nitrogens with one attached hydrogen (secondary N) is 1. The van der Waals surface area contributed by atoms with Gasteiger partial charge in [0, 0.05) is 5.56 Å². The van der Waals surface area contributed by atoms with E-state index in [0.29, 0.717) is 30.8 Å². The number of aliphatic hydroxyl groups excluding tert-OH is 1. The summed E-state index contributed by atoms with van der Waals surface area (Å²) < 4.78 is 11.9. The maximum Gasteiger partial charge on any atom is 0.263 e. The molecule has 0 aliphatic carbocycles. The third kappa shape index (κ3) is 6.60. The molecule has 1 saturated heterocycles. The molecule has 1 atom stereocenters. The summed E-state index contributed by atoms with van der Waals surface area (Å²) in [6, 6.07) is 10.7. The van der Waals surface area contributed by atoms with E-state index < -0.39 is 6.10 Å². The van der Waals surface area contributed by atoms with Crippen LogP contribution in [0.2, 0.25) is 10.0 Å². The van der Waals surface area contributed by atoms with Crippen LogP contribution in [0.25, 0.3) is 6.08 Å². The first-order valence-electron chi connectivity index (χ1n) is 9.62. The fourth-order valence-corrected chi connectivity index (χ4v) is 4.36. The van der Waals surface area contributed by atoms with Crippen LogP contribution in [0.1, 0.15) is 24.5 Å². The molecule has 31 heavy (non-hydrogen) atoms. The summed E-state index contributed by atoms with van der Waals surface area (Å²) in [5.41, 5.74) is 1.63. The van der Waals surface area contributed by atoms with Crippen LogP contribution >= 0.6 is 47.2 Å². The number of halogens is 2. The molecule has 1 heterocycles. The summed E-state index contributed by atoms with van der Waals surface area (Å²) in [7, 11) is 0. The molecule has 1 amide bonds. The number of rotatable bonds is 9. The van der Waals surface area contributed by atoms with E-state index in [-0.39, 0.29) is 19.1 Å². The predicted molar refractivity (Wildman–Crippen MR) is 130 cm³/mol. The molecule has 2 aromatic carbocycles. The number of carbonyl (C=O) groups excluding carboxylic acids is 1. The van der Waals surface area contributed by atoms with Gasteiger partial charge in [-0.2, -0.15) is 0 Å². The number of carbonyl (C=O) groups is 1. The maximum atomic E-state index is 11.8. The number of thiocarbonyl (C=S) groups is 1. The van der Waals surface area contributed by atoms with Gasteiger partial charge in [-0.25, -0.2) is 0 Å². The van der Waals surface area contributed by atoms with Crippen molar-refractivity contribution in [3.8, 4) is 11.5 Å². The second-order valence-electron chi connectivity index (χ2n) is 6.79. The standard InChI is InChI=1S/C22H21Cl2NO4S2/c1-2-4-16-18(8-7-17(23)20(16)24)29-12-14(26)11-28-15-6-3-5-13(9-15)10-19-21(27)25-22(30)31-19/h3,5-10,14,26H,2,4,11-12H2,1H3,(H,25,27,30)/b19-10-. The van der Waals surface area contributed by atoms with Crippen molar-refractivity contribution in [1.29, 1.82) is 0 Å². The molecule has 2 aromatic rings. The highest BCUT2D eigenvalue weighted by atomic mass is 35.5. The van der Waals surface area contributed by atoms with E-state index in [1.807, 2.05) is 19.1 Å². The Bertz CT molecular complexity index is 1010. The molecule has 0 bridgehead atoms. The van der Waals surface area contributed by atoms with Gasteiger partial charge in [0.25, 0.3) is 5.91 Å². The molecule has 9 heteroatoms. The Morgan fingerprint density at radius 2 is 2.00 bits per heavy atom. The second-order valence-corrected chi connectivity index (χ2v) is 9.29. The third-order valence-corrected chi connectivity index (χ3v) is 6.33. The van der Waals surface area contributed by atoms with Crippen LogP contribution in [0.3, 0.4) is 0 Å². The Morgan fingerprint density at radius 3 is 2.71 bits per heavy atom. The number of hydrogen-bond donors (Lipinski definition) is 2. The Labute approximate surface area is 200 Å². The van der Waals surface area contributed by atoms with Gasteiger partial charge in [0.05, 0.1) is 15.0 Å². The fourth-order valence-electron chi connectivity index (χ4n) is 2.89. The highest BCUT2D eigenvalue weighted by molar-refractivity contribution is 8.26. The summed E-state index contributed by atoms with van der Waals surface area (Å²) in [5.74, 6) is 0.966. The monoisotopic (exact) mass is 497 g/mol. The lowest BCUT2D eigenvalue weighted by atomic mass is 10.1. The SMILES string of the molecule is CCCc1c(OCC(O)COc2cccc(/C=C3\SC(=S)NC3=O)c2)ccc(Cl)c1Cl. The highest BCUT2D eigenvalue weighted by Gasteiger charge is 2.22. The number of benzene rings is 2. The van der Waals surface area contributed by atoms with E-state index in [1.54, 1.807) is 30.3 Å². The Morgan fingerprint density at radius 1 is 1.23 bits per heavy atom. The topological polar surface area (TPSA) is 67.8 Å². The molecule has 1 aliphatic heterocycles. The van der Waals surface area contributed by atoms with Crippen LogP contribution in [-0.4, -0.2) is 34.7 Å². The van der Waals surface area contributed by atoms with E-state index in [4.69, 9.17) is 44.9 Å². The molecule has 2 N–H and O–H groups in total. The normalized spacial score (nSPS) is 15.8. The summed E-state index contributed by atoms with van der Waals surface area (Å²) >= 11 is 18.6. The van der Waals surface area contributed by atoms with Gasteiger partial charge < -0.3 is 19.9 Å².